The number of pyridine rings is 5. The van der Waals surface area contributed by atoms with Gasteiger partial charge < -0.3 is 0 Å². The van der Waals surface area contributed by atoms with Crippen molar-refractivity contribution < 1.29 is 18.3 Å². The molecule has 0 saturated carbocycles. The van der Waals surface area contributed by atoms with Gasteiger partial charge in [0.05, 0.1) is 0 Å². The summed E-state index contributed by atoms with van der Waals surface area (Å²) in [5.74, 6) is 0. The van der Waals surface area contributed by atoms with Crippen LogP contribution in [0.3, 0.4) is 0 Å². The Hall–Kier alpha value is -5.03. The molecule has 0 radical (unpaired) electrons. The van der Waals surface area contributed by atoms with E-state index in [1.807, 2.05) is 0 Å². The summed E-state index contributed by atoms with van der Waals surface area (Å²) in [6.07, 6.45) is 17.2. The minimum absolute atomic E-state index is 0.736. The molecule has 12 heterocycles. The second kappa shape index (κ2) is 10.6. The standard InChI is InChI=1S/C35H31N5/c1-3-28-23-29(4-1)25-38-17-9-31(10-18-38)33-13-21-40(22-14-33)27-35-6-2-5-34(36-35)26-39-19-11-32(12-20-39)30-7-15-37(24-28)16-8-30/h1-23H,24-27H2/q+4. The average Bonchev–Trinajstić information content (AvgIpc) is 2.99. The largest absolute Gasteiger partial charge is 0.244 e. The highest BCUT2D eigenvalue weighted by atomic mass is 15.0. The van der Waals surface area contributed by atoms with Gasteiger partial charge in [0.1, 0.15) is 11.4 Å². The molecule has 1 aromatic carbocycles. The molecule has 0 N–H and O–H groups in total. The topological polar surface area (TPSA) is 28.4 Å². The van der Waals surface area contributed by atoms with Crippen LogP contribution in [0.25, 0.3) is 22.3 Å². The maximum Gasteiger partial charge on any atom is 0.190 e. The highest BCUT2D eigenvalue weighted by Crippen LogP contribution is 2.17. The van der Waals surface area contributed by atoms with Gasteiger partial charge in [0.25, 0.3) is 0 Å². The Morgan fingerprint density at radius 1 is 0.375 bits per heavy atom. The molecule has 192 valence electrons. The van der Waals surface area contributed by atoms with Crippen molar-refractivity contribution in [3.8, 4) is 22.3 Å². The summed E-state index contributed by atoms with van der Waals surface area (Å²) in [6.45, 7) is 3.15. The molecule has 5 aromatic heterocycles. The predicted molar refractivity (Wildman–Crippen MR) is 152 cm³/mol. The first kappa shape index (κ1) is 24.0. The molecule has 5 heteroatoms. The van der Waals surface area contributed by atoms with Crippen molar-refractivity contribution in [3.63, 3.8) is 0 Å². The van der Waals surface area contributed by atoms with Crippen molar-refractivity contribution >= 4 is 0 Å². The number of aromatic nitrogens is 5. The van der Waals surface area contributed by atoms with Gasteiger partial charge in [-0.2, -0.15) is 9.13 Å². The lowest BCUT2D eigenvalue weighted by Crippen LogP contribution is -2.35. The summed E-state index contributed by atoms with van der Waals surface area (Å²) in [6, 6.07) is 32.7. The quantitative estimate of drug-likeness (QED) is 0.277. The summed E-state index contributed by atoms with van der Waals surface area (Å²) in [5, 5.41) is 0. The van der Waals surface area contributed by atoms with E-state index < -0.39 is 0 Å². The molecule has 0 unspecified atom stereocenters. The molecule has 12 bridgehead atoms. The molecule has 0 amide bonds. The molecule has 0 spiro atoms. The Morgan fingerprint density at radius 2 is 0.700 bits per heavy atom. The Balaban J connectivity index is 1.23. The van der Waals surface area contributed by atoms with Crippen molar-refractivity contribution in [1.82, 2.24) is 4.98 Å². The molecule has 7 aliphatic rings. The van der Waals surface area contributed by atoms with Gasteiger partial charge >= 0.3 is 0 Å². The lowest BCUT2D eigenvalue weighted by atomic mass is 10.1. The monoisotopic (exact) mass is 521 g/mol. The fourth-order valence-corrected chi connectivity index (χ4v) is 5.35. The Kier molecular flexibility index (Phi) is 6.38. The van der Waals surface area contributed by atoms with Crippen LogP contribution in [0.1, 0.15) is 22.5 Å². The molecule has 0 fully saturated rings. The number of nitrogens with zero attached hydrogens (tertiary/aromatic N) is 5. The van der Waals surface area contributed by atoms with Gasteiger partial charge in [-0.05, 0) is 40.5 Å². The summed E-state index contributed by atoms with van der Waals surface area (Å²) in [5.41, 5.74) is 9.53. The zero-order chi connectivity index (χ0) is 26.7. The zero-order valence-electron chi connectivity index (χ0n) is 22.3. The van der Waals surface area contributed by atoms with Crippen LogP contribution in [-0.2, 0) is 26.2 Å². The zero-order valence-corrected chi connectivity index (χ0v) is 22.3. The van der Waals surface area contributed by atoms with E-state index >= 15 is 0 Å². The maximum atomic E-state index is 4.94. The molecule has 5 nitrogen and oxygen atoms in total. The molecule has 6 aromatic rings. The summed E-state index contributed by atoms with van der Waals surface area (Å²) >= 11 is 0. The van der Waals surface area contributed by atoms with Gasteiger partial charge in [-0.25, -0.2) is 14.1 Å². The van der Waals surface area contributed by atoms with Crippen molar-refractivity contribution in [2.24, 2.45) is 0 Å². The van der Waals surface area contributed by atoms with Crippen molar-refractivity contribution in [1.29, 1.82) is 0 Å². The fraction of sp³-hybridized carbons (Fsp3) is 0.114. The van der Waals surface area contributed by atoms with E-state index in [1.165, 1.54) is 33.4 Å². The third-order valence-corrected chi connectivity index (χ3v) is 7.51. The van der Waals surface area contributed by atoms with Crippen LogP contribution in [-0.4, -0.2) is 4.98 Å². The average molecular weight is 522 g/mol. The molecule has 40 heavy (non-hydrogen) atoms. The van der Waals surface area contributed by atoms with Crippen molar-refractivity contribution in [2.75, 3.05) is 0 Å². The second-order valence-electron chi connectivity index (χ2n) is 10.5. The van der Waals surface area contributed by atoms with Gasteiger partial charge in [-0.3, -0.25) is 0 Å². The third-order valence-electron chi connectivity index (χ3n) is 7.51. The minimum atomic E-state index is 0.736. The normalized spacial score (nSPS) is 12.6. The van der Waals surface area contributed by atoms with Crippen LogP contribution < -0.4 is 18.3 Å². The first-order valence-corrected chi connectivity index (χ1v) is 13.7. The van der Waals surface area contributed by atoms with Gasteiger partial charge in [0.15, 0.2) is 75.8 Å². The highest BCUT2D eigenvalue weighted by molar-refractivity contribution is 5.61. The van der Waals surface area contributed by atoms with Crippen LogP contribution in [0.5, 0.6) is 0 Å². The van der Waals surface area contributed by atoms with Gasteiger partial charge in [-0.1, -0.05) is 24.3 Å². The summed E-state index contributed by atoms with van der Waals surface area (Å²) < 4.78 is 8.84. The van der Waals surface area contributed by atoms with Crippen LogP contribution in [0, 0.1) is 0 Å². The Morgan fingerprint density at radius 3 is 1.07 bits per heavy atom. The molecular weight excluding hydrogens is 490 g/mol. The van der Waals surface area contributed by atoms with E-state index in [2.05, 4.69) is 159 Å². The molecule has 0 aliphatic carbocycles. The van der Waals surface area contributed by atoms with E-state index in [4.69, 9.17) is 4.98 Å². The highest BCUT2D eigenvalue weighted by Gasteiger charge is 2.12. The van der Waals surface area contributed by atoms with Crippen LogP contribution >= 0.6 is 0 Å². The predicted octanol–water partition coefficient (Wildman–Crippen LogP) is 4.07. The minimum Gasteiger partial charge on any atom is -0.244 e. The Labute approximate surface area is 234 Å². The van der Waals surface area contributed by atoms with Crippen LogP contribution in [0.2, 0.25) is 0 Å². The number of hydrogen-bond donors (Lipinski definition) is 0. The van der Waals surface area contributed by atoms with Crippen LogP contribution in [0.4, 0.5) is 0 Å². The molecule has 13 rings (SSSR count). The molecule has 0 atom stereocenters. The molecular formula is C35H31N5+4. The lowest BCUT2D eigenvalue weighted by molar-refractivity contribution is -0.690. The smallest absolute Gasteiger partial charge is 0.190 e. The number of hydrogen-bond acceptors (Lipinski definition) is 1. The SMILES string of the molecule is c1cc2cc(c1)C[n+]1ccc(cc1)-c1cc[n+](cc1)Cc1cccc(n1)C[n+]1ccc(cc1)-c1cc[n+](cc1)C2. The van der Waals surface area contributed by atoms with E-state index in [-0.39, 0.29) is 0 Å². The molecule has 7 aliphatic heterocycles. The second-order valence-corrected chi connectivity index (χ2v) is 10.5. The van der Waals surface area contributed by atoms with E-state index in [9.17, 15) is 0 Å². The fourth-order valence-electron chi connectivity index (χ4n) is 5.35. The summed E-state index contributed by atoms with van der Waals surface area (Å²) in [4.78, 5) is 4.94. The Bertz CT molecular complexity index is 1500. The van der Waals surface area contributed by atoms with E-state index in [1.54, 1.807) is 0 Å². The van der Waals surface area contributed by atoms with Crippen molar-refractivity contribution in [3.05, 3.63) is 163 Å². The van der Waals surface area contributed by atoms with E-state index in [0.717, 1.165) is 37.6 Å². The first-order valence-electron chi connectivity index (χ1n) is 13.7. The van der Waals surface area contributed by atoms with Gasteiger partial charge in [0.2, 0.25) is 0 Å². The van der Waals surface area contributed by atoms with Crippen molar-refractivity contribution in [2.45, 2.75) is 26.2 Å². The number of rotatable bonds is 0. The maximum absolute atomic E-state index is 4.94. The number of benzene rings is 1. The molecule has 0 saturated heterocycles. The van der Waals surface area contributed by atoms with Gasteiger partial charge in [0, 0.05) is 59.7 Å². The lowest BCUT2D eigenvalue weighted by Gasteiger charge is -2.05. The third kappa shape index (κ3) is 5.40. The van der Waals surface area contributed by atoms with Gasteiger partial charge in [-0.15, -0.1) is 0 Å². The first-order chi connectivity index (χ1) is 19.7. The van der Waals surface area contributed by atoms with Crippen LogP contribution in [0.15, 0.2) is 141 Å². The van der Waals surface area contributed by atoms with E-state index in [0.29, 0.717) is 0 Å². The summed E-state index contributed by atoms with van der Waals surface area (Å²) in [7, 11) is 0.